The molecule has 1 fully saturated rings. The molecule has 0 bridgehead atoms. The molecule has 1 aliphatic rings. The fraction of sp³-hybridized carbons (Fsp3) is 0.462. The number of carboxylic acids is 1. The summed E-state index contributed by atoms with van der Waals surface area (Å²) in [4.78, 5) is 11.1. The molecule has 0 aliphatic carbocycles. The van der Waals surface area contributed by atoms with Gasteiger partial charge in [0.05, 0.1) is 5.56 Å². The van der Waals surface area contributed by atoms with E-state index in [4.69, 9.17) is 5.11 Å². The Bertz CT molecular complexity index is 420. The molecule has 0 radical (unpaired) electrons. The Labute approximate surface area is 95.5 Å². The van der Waals surface area contributed by atoms with Crippen LogP contribution in [0.25, 0.3) is 0 Å². The second-order valence-electron chi connectivity index (χ2n) is 4.70. The molecule has 0 aromatic heterocycles. The lowest BCUT2D eigenvalue weighted by Gasteiger charge is -2.25. The summed E-state index contributed by atoms with van der Waals surface area (Å²) in [6.45, 7) is 4.97. The second-order valence-corrected chi connectivity index (χ2v) is 4.70. The smallest absolute Gasteiger partial charge is 0.335 e. The molecule has 1 atom stereocenters. The molecule has 2 N–H and O–H groups in total. The quantitative estimate of drug-likeness (QED) is 0.802. The lowest BCUT2D eigenvalue weighted by Crippen LogP contribution is -2.33. The van der Waals surface area contributed by atoms with E-state index in [0.717, 1.165) is 30.5 Å². The summed E-state index contributed by atoms with van der Waals surface area (Å²) in [5.74, 6) is -0.846. The summed E-state index contributed by atoms with van der Waals surface area (Å²) in [5, 5.41) is 12.5. The van der Waals surface area contributed by atoms with Crippen molar-refractivity contribution < 1.29 is 9.90 Å². The van der Waals surface area contributed by atoms with Crippen molar-refractivity contribution in [1.82, 2.24) is 5.32 Å². The average molecular weight is 219 g/mol. The summed E-state index contributed by atoms with van der Waals surface area (Å²) in [6, 6.07) is 5.72. The first-order chi connectivity index (χ1) is 7.53. The molecule has 3 nitrogen and oxygen atoms in total. The Morgan fingerprint density at radius 2 is 2.25 bits per heavy atom. The Kier molecular flexibility index (Phi) is 2.72. The topological polar surface area (TPSA) is 49.3 Å². The Morgan fingerprint density at radius 3 is 2.81 bits per heavy atom. The molecule has 2 rings (SSSR count). The van der Waals surface area contributed by atoms with E-state index in [0.29, 0.717) is 5.56 Å². The molecule has 1 unspecified atom stereocenters. The van der Waals surface area contributed by atoms with Crippen LogP contribution in [-0.2, 0) is 5.54 Å². The molecule has 0 amide bonds. The predicted molar refractivity (Wildman–Crippen MR) is 62.7 cm³/mol. The molecule has 1 saturated heterocycles. The minimum atomic E-state index is -0.846. The van der Waals surface area contributed by atoms with Gasteiger partial charge in [0.25, 0.3) is 0 Å². The van der Waals surface area contributed by atoms with Crippen LogP contribution in [0.3, 0.4) is 0 Å². The minimum Gasteiger partial charge on any atom is -0.478 e. The lowest BCUT2D eigenvalue weighted by molar-refractivity contribution is 0.0696. The molecule has 1 aliphatic heterocycles. The van der Waals surface area contributed by atoms with E-state index in [1.165, 1.54) is 0 Å². The van der Waals surface area contributed by atoms with Gasteiger partial charge in [-0.3, -0.25) is 0 Å². The zero-order valence-electron chi connectivity index (χ0n) is 9.71. The number of aromatic carboxylic acids is 1. The number of carbonyl (C=O) groups is 1. The highest BCUT2D eigenvalue weighted by Crippen LogP contribution is 2.31. The van der Waals surface area contributed by atoms with Gasteiger partial charge < -0.3 is 10.4 Å². The first-order valence-electron chi connectivity index (χ1n) is 5.62. The van der Waals surface area contributed by atoms with Gasteiger partial charge in [-0.1, -0.05) is 12.1 Å². The van der Waals surface area contributed by atoms with Gasteiger partial charge in [-0.05, 0) is 50.4 Å². The minimum absolute atomic E-state index is 0.0576. The number of carboxylic acid groups (broad SMARTS) is 1. The van der Waals surface area contributed by atoms with E-state index in [9.17, 15) is 4.79 Å². The van der Waals surface area contributed by atoms with Crippen molar-refractivity contribution in [1.29, 1.82) is 0 Å². The van der Waals surface area contributed by atoms with Gasteiger partial charge in [-0.15, -0.1) is 0 Å². The normalized spacial score (nSPS) is 24.6. The SMILES string of the molecule is Cc1ccc(C2(C)CCCN2)cc1C(=O)O. The molecule has 0 spiro atoms. The van der Waals surface area contributed by atoms with Gasteiger partial charge in [-0.2, -0.15) is 0 Å². The van der Waals surface area contributed by atoms with Crippen LogP contribution >= 0.6 is 0 Å². The second kappa shape index (κ2) is 3.91. The van der Waals surface area contributed by atoms with Crippen LogP contribution in [0.1, 0.15) is 41.3 Å². The summed E-state index contributed by atoms with van der Waals surface area (Å²) in [5.41, 5.74) is 2.25. The summed E-state index contributed by atoms with van der Waals surface area (Å²) in [6.07, 6.45) is 2.21. The number of aryl methyl sites for hydroxylation is 1. The third-order valence-electron chi connectivity index (χ3n) is 3.47. The number of hydrogen-bond donors (Lipinski definition) is 2. The van der Waals surface area contributed by atoms with E-state index in [-0.39, 0.29) is 5.54 Å². The molecular formula is C13H17NO2. The first kappa shape index (κ1) is 11.1. The first-order valence-corrected chi connectivity index (χ1v) is 5.62. The van der Waals surface area contributed by atoms with Gasteiger partial charge in [0.2, 0.25) is 0 Å². The monoisotopic (exact) mass is 219 g/mol. The number of rotatable bonds is 2. The van der Waals surface area contributed by atoms with Gasteiger partial charge in [-0.25, -0.2) is 4.79 Å². The number of nitrogens with one attached hydrogen (secondary N) is 1. The van der Waals surface area contributed by atoms with Crippen LogP contribution < -0.4 is 5.32 Å². The van der Waals surface area contributed by atoms with E-state index < -0.39 is 5.97 Å². The van der Waals surface area contributed by atoms with Gasteiger partial charge in [0, 0.05) is 5.54 Å². The fourth-order valence-corrected chi connectivity index (χ4v) is 2.34. The van der Waals surface area contributed by atoms with Gasteiger partial charge in [0.1, 0.15) is 0 Å². The van der Waals surface area contributed by atoms with E-state index >= 15 is 0 Å². The van der Waals surface area contributed by atoms with Crippen LogP contribution in [0.5, 0.6) is 0 Å². The maximum absolute atomic E-state index is 11.1. The highest BCUT2D eigenvalue weighted by Gasteiger charge is 2.30. The van der Waals surface area contributed by atoms with Crippen molar-refractivity contribution in [2.75, 3.05) is 6.54 Å². The summed E-state index contributed by atoms with van der Waals surface area (Å²) < 4.78 is 0. The molecule has 3 heteroatoms. The van der Waals surface area contributed by atoms with Crippen molar-refractivity contribution in [2.45, 2.75) is 32.2 Å². The Morgan fingerprint density at radius 1 is 1.50 bits per heavy atom. The van der Waals surface area contributed by atoms with Gasteiger partial charge in [0.15, 0.2) is 0 Å². The third kappa shape index (κ3) is 1.83. The van der Waals surface area contributed by atoms with Crippen molar-refractivity contribution in [3.63, 3.8) is 0 Å². The largest absolute Gasteiger partial charge is 0.478 e. The molecule has 1 aromatic carbocycles. The zero-order valence-corrected chi connectivity index (χ0v) is 9.71. The van der Waals surface area contributed by atoms with Crippen molar-refractivity contribution in [3.05, 3.63) is 34.9 Å². The highest BCUT2D eigenvalue weighted by molar-refractivity contribution is 5.89. The van der Waals surface area contributed by atoms with Crippen molar-refractivity contribution >= 4 is 5.97 Å². The highest BCUT2D eigenvalue weighted by atomic mass is 16.4. The zero-order chi connectivity index (χ0) is 11.8. The third-order valence-corrected chi connectivity index (χ3v) is 3.47. The van der Waals surface area contributed by atoms with Crippen LogP contribution in [0.4, 0.5) is 0 Å². The Hall–Kier alpha value is -1.35. The molecule has 0 saturated carbocycles. The maximum atomic E-state index is 11.1. The molecule has 86 valence electrons. The molecular weight excluding hydrogens is 202 g/mol. The fourth-order valence-electron chi connectivity index (χ4n) is 2.34. The number of hydrogen-bond acceptors (Lipinski definition) is 2. The van der Waals surface area contributed by atoms with E-state index in [2.05, 4.69) is 12.2 Å². The Balaban J connectivity index is 2.43. The van der Waals surface area contributed by atoms with E-state index in [1.807, 2.05) is 19.1 Å². The number of benzene rings is 1. The lowest BCUT2D eigenvalue weighted by atomic mass is 9.88. The van der Waals surface area contributed by atoms with Crippen LogP contribution in [0.15, 0.2) is 18.2 Å². The van der Waals surface area contributed by atoms with Crippen LogP contribution in [0.2, 0.25) is 0 Å². The van der Waals surface area contributed by atoms with Gasteiger partial charge >= 0.3 is 5.97 Å². The predicted octanol–water partition coefficient (Wildman–Crippen LogP) is 2.29. The van der Waals surface area contributed by atoms with Crippen LogP contribution in [-0.4, -0.2) is 17.6 Å². The summed E-state index contributed by atoms with van der Waals surface area (Å²) >= 11 is 0. The molecule has 16 heavy (non-hydrogen) atoms. The standard InChI is InChI=1S/C13H17NO2/c1-9-4-5-10(8-11(9)12(15)16)13(2)6-3-7-14-13/h4-5,8,14H,3,6-7H2,1-2H3,(H,15,16). The molecule has 1 heterocycles. The van der Waals surface area contributed by atoms with E-state index in [1.54, 1.807) is 6.07 Å². The average Bonchev–Trinajstić information content (AvgIpc) is 2.66. The van der Waals surface area contributed by atoms with Crippen molar-refractivity contribution in [2.24, 2.45) is 0 Å². The summed E-state index contributed by atoms with van der Waals surface area (Å²) in [7, 11) is 0. The maximum Gasteiger partial charge on any atom is 0.335 e. The molecule has 1 aromatic rings. The van der Waals surface area contributed by atoms with Crippen LogP contribution in [0, 0.1) is 6.92 Å². The van der Waals surface area contributed by atoms with Crippen molar-refractivity contribution in [3.8, 4) is 0 Å².